The third kappa shape index (κ3) is 7.59. The normalized spacial score (nSPS) is 9.33. The second kappa shape index (κ2) is 14.1. The number of rotatable bonds is 6. The van der Waals surface area contributed by atoms with Crippen molar-refractivity contribution in [3.05, 3.63) is 72.8 Å². The zero-order valence-electron chi connectivity index (χ0n) is 16.8. The molecule has 0 saturated carbocycles. The molecule has 0 radical (unpaired) electrons. The summed E-state index contributed by atoms with van der Waals surface area (Å²) < 4.78 is 0. The molecule has 0 aliphatic rings. The molecule has 36 heavy (non-hydrogen) atoms. The molecule has 2 aromatic rings. The zero-order chi connectivity index (χ0) is 26.7. The molecule has 2 aromatic carbocycles. The topological polar surface area (TPSA) is 351 Å². The monoisotopic (exact) mass is 762 g/mol. The number of nitro benzene ring substituents is 6. The van der Waals surface area contributed by atoms with Gasteiger partial charge < -0.3 is 20.4 Å². The van der Waals surface area contributed by atoms with Crippen LogP contribution in [0.3, 0.4) is 0 Å². The van der Waals surface area contributed by atoms with Gasteiger partial charge in [-0.05, 0) is 0 Å². The van der Waals surface area contributed by atoms with Crippen molar-refractivity contribution in [2.45, 2.75) is 0 Å². The Labute approximate surface area is 274 Å². The molecule has 0 bridgehead atoms. The Morgan fingerprint density at radius 2 is 0.556 bits per heavy atom. The van der Waals surface area contributed by atoms with Gasteiger partial charge in [-0.3, -0.25) is 60.7 Å². The van der Waals surface area contributed by atoms with Crippen molar-refractivity contribution in [1.82, 2.24) is 0 Å². The summed E-state index contributed by atoms with van der Waals surface area (Å²) in [5.74, 6) is -7.02. The Kier molecular flexibility index (Phi) is 13.8. The second-order valence-corrected chi connectivity index (χ2v) is 5.39. The first-order valence-electron chi connectivity index (χ1n) is 7.50. The SMILES string of the molecule is O=[N+]([O-])c1cc([N+](=O)[O-])c([O-])c([N+](=O)[O-])c1[O-].O=[N+]([O-])c1cc([N+](=O)[O-])c([O-])c([N+](=O)[O-])c1[O-].[Ba+2].[Ba+2]. The predicted octanol–water partition coefficient (Wildman–Crippen LogP) is -1.64. The fraction of sp³-hybridized carbons (Fsp3) is 0. The van der Waals surface area contributed by atoms with E-state index < -0.39 is 86.7 Å². The fourth-order valence-electron chi connectivity index (χ4n) is 2.09. The van der Waals surface area contributed by atoms with Crippen molar-refractivity contribution in [3.63, 3.8) is 0 Å². The van der Waals surface area contributed by atoms with Crippen molar-refractivity contribution in [2.24, 2.45) is 0 Å². The number of hydrogen-bond acceptors (Lipinski definition) is 16. The van der Waals surface area contributed by atoms with Crippen LogP contribution in [0.25, 0.3) is 0 Å². The number of nitrogens with zero attached hydrogens (tertiary/aromatic N) is 6. The predicted molar refractivity (Wildman–Crippen MR) is 102 cm³/mol. The first kappa shape index (κ1) is 35.3. The maximum absolute atomic E-state index is 11.1. The summed E-state index contributed by atoms with van der Waals surface area (Å²) in [6.07, 6.45) is 0. The van der Waals surface area contributed by atoms with Crippen molar-refractivity contribution in [1.29, 1.82) is 0 Å². The summed E-state index contributed by atoms with van der Waals surface area (Å²) in [7, 11) is 0. The Morgan fingerprint density at radius 1 is 0.389 bits per heavy atom. The van der Waals surface area contributed by atoms with Crippen LogP contribution in [0.5, 0.6) is 23.0 Å². The molecule has 22 nitrogen and oxygen atoms in total. The van der Waals surface area contributed by atoms with E-state index in [1.807, 2.05) is 0 Å². The minimum Gasteiger partial charge on any atom is -0.863 e. The average Bonchev–Trinajstić information content (AvgIpc) is 2.66. The van der Waals surface area contributed by atoms with Gasteiger partial charge in [-0.25, -0.2) is 0 Å². The summed E-state index contributed by atoms with van der Waals surface area (Å²) in [4.78, 5) is 53.8. The smallest absolute Gasteiger partial charge is 0.863 e. The van der Waals surface area contributed by atoms with Crippen LogP contribution < -0.4 is 20.4 Å². The van der Waals surface area contributed by atoms with Gasteiger partial charge in [0.25, 0.3) is 34.1 Å². The molecule has 0 atom stereocenters. The van der Waals surface area contributed by atoms with E-state index in [4.69, 9.17) is 0 Å². The number of hydrogen-bond donors (Lipinski definition) is 0. The van der Waals surface area contributed by atoms with E-state index in [1.165, 1.54) is 0 Å². The minimum atomic E-state index is -1.75. The molecule has 0 heterocycles. The number of nitro groups is 6. The van der Waals surface area contributed by atoms with Crippen LogP contribution in [-0.2, 0) is 0 Å². The van der Waals surface area contributed by atoms with E-state index >= 15 is 0 Å². The Hall–Kier alpha value is -2.82. The number of benzene rings is 2. The van der Waals surface area contributed by atoms with Crippen molar-refractivity contribution in [3.8, 4) is 23.0 Å². The molecular formula is C12H2Ba2N6O16. The summed E-state index contributed by atoms with van der Waals surface area (Å²) >= 11 is 0. The van der Waals surface area contributed by atoms with Crippen molar-refractivity contribution in [2.75, 3.05) is 0 Å². The second-order valence-electron chi connectivity index (χ2n) is 5.39. The molecule has 0 unspecified atom stereocenters. The van der Waals surface area contributed by atoms with E-state index in [0.717, 1.165) is 0 Å². The Morgan fingerprint density at radius 3 is 0.667 bits per heavy atom. The van der Waals surface area contributed by atoms with E-state index in [1.54, 1.807) is 0 Å². The molecule has 0 spiro atoms. The molecule has 0 N–H and O–H groups in total. The van der Waals surface area contributed by atoms with Crippen LogP contribution in [0.4, 0.5) is 34.1 Å². The van der Waals surface area contributed by atoms with Crippen LogP contribution >= 0.6 is 0 Å². The largest absolute Gasteiger partial charge is 2.00 e. The Bertz CT molecular complexity index is 1110. The fourth-order valence-corrected chi connectivity index (χ4v) is 2.09. The summed E-state index contributed by atoms with van der Waals surface area (Å²) in [5, 5.41) is 107. The van der Waals surface area contributed by atoms with E-state index in [-0.39, 0.29) is 110 Å². The maximum atomic E-state index is 11.1. The van der Waals surface area contributed by atoms with E-state index in [9.17, 15) is 81.1 Å². The minimum absolute atomic E-state index is 0. The first-order chi connectivity index (χ1) is 15.5. The molecule has 180 valence electrons. The van der Waals surface area contributed by atoms with Gasteiger partial charge in [-0.2, -0.15) is 0 Å². The summed E-state index contributed by atoms with van der Waals surface area (Å²) in [6.45, 7) is 0. The van der Waals surface area contributed by atoms with Gasteiger partial charge in [0.15, 0.2) is 0 Å². The summed E-state index contributed by atoms with van der Waals surface area (Å²) in [6, 6.07) is 0.218. The Balaban J connectivity index is 0. The van der Waals surface area contributed by atoms with Gasteiger partial charge in [0.1, 0.15) is 0 Å². The molecule has 2 rings (SSSR count). The molecule has 0 fully saturated rings. The third-order valence-corrected chi connectivity index (χ3v) is 3.49. The summed E-state index contributed by atoms with van der Waals surface area (Å²) in [5.41, 5.74) is -8.95. The zero-order valence-corrected chi connectivity index (χ0v) is 25.7. The van der Waals surface area contributed by atoms with Crippen LogP contribution in [0.1, 0.15) is 0 Å². The van der Waals surface area contributed by atoms with Gasteiger partial charge in [0.05, 0.1) is 64.7 Å². The van der Waals surface area contributed by atoms with E-state index in [0.29, 0.717) is 0 Å². The van der Waals surface area contributed by atoms with Crippen LogP contribution in [0, 0.1) is 60.7 Å². The van der Waals surface area contributed by atoms with Gasteiger partial charge in [-0.15, -0.1) is 0 Å². The maximum Gasteiger partial charge on any atom is 2.00 e. The van der Waals surface area contributed by atoms with Gasteiger partial charge >= 0.3 is 97.8 Å². The van der Waals surface area contributed by atoms with Gasteiger partial charge in [-0.1, -0.05) is 0 Å². The standard InChI is InChI=1S/2C6H3N3O8.2Ba/c2*10-5-2(7(12)13)1-3(8(14)15)6(11)4(5)9(16)17;;/h2*1,10-11H;;/q;;2*+2/p-4. The van der Waals surface area contributed by atoms with E-state index in [2.05, 4.69) is 0 Å². The quantitative estimate of drug-likeness (QED) is 0.181. The van der Waals surface area contributed by atoms with Crippen molar-refractivity contribution >= 4 is 132 Å². The van der Waals surface area contributed by atoms with Gasteiger partial charge in [0, 0.05) is 0 Å². The molecule has 0 aliphatic carbocycles. The van der Waals surface area contributed by atoms with Crippen LogP contribution in [-0.4, -0.2) is 127 Å². The van der Waals surface area contributed by atoms with Crippen molar-refractivity contribution < 1.29 is 50.0 Å². The van der Waals surface area contributed by atoms with Crippen LogP contribution in [0.15, 0.2) is 12.1 Å². The van der Waals surface area contributed by atoms with Crippen LogP contribution in [0.2, 0.25) is 0 Å². The first-order valence-corrected chi connectivity index (χ1v) is 7.50. The molecule has 0 amide bonds. The molecular weight excluding hydrogens is 759 g/mol. The third-order valence-electron chi connectivity index (χ3n) is 3.49. The van der Waals surface area contributed by atoms with Gasteiger partial charge in [0.2, 0.25) is 0 Å². The molecule has 24 heteroatoms. The molecule has 0 saturated heterocycles. The average molecular weight is 761 g/mol. The molecule has 0 aliphatic heterocycles. The molecule has 0 aromatic heterocycles.